The molecule has 0 bridgehead atoms. The third kappa shape index (κ3) is 2.47. The molecule has 1 aromatic carbocycles. The molecule has 0 aliphatic heterocycles. The Morgan fingerprint density at radius 1 is 1.41 bits per heavy atom. The van der Waals surface area contributed by atoms with Gasteiger partial charge in [-0.15, -0.1) is 0 Å². The number of nitrogen functional groups attached to an aromatic ring is 1. The molecule has 0 saturated heterocycles. The van der Waals surface area contributed by atoms with E-state index in [1.807, 2.05) is 31.2 Å². The smallest absolute Gasteiger partial charge is 0.0951 e. The molecule has 2 aromatic rings. The number of aliphatic hydroxyl groups excluding tert-OH is 1. The number of pyridine rings is 1. The second-order valence-electron chi connectivity index (χ2n) is 4.16. The largest absolute Gasteiger partial charge is 0.397 e. The van der Waals surface area contributed by atoms with Crippen molar-refractivity contribution in [1.29, 1.82) is 0 Å². The molecule has 0 saturated carbocycles. The van der Waals surface area contributed by atoms with Crippen molar-refractivity contribution in [3.8, 4) is 0 Å². The number of fused-ring (bicyclic) bond motifs is 1. The van der Waals surface area contributed by atoms with E-state index in [1.165, 1.54) is 0 Å². The van der Waals surface area contributed by atoms with Crippen LogP contribution in [0.3, 0.4) is 0 Å². The Bertz CT molecular complexity index is 513. The number of nitrogens with one attached hydrogen (secondary N) is 1. The highest BCUT2D eigenvalue weighted by Crippen LogP contribution is 2.26. The van der Waals surface area contributed by atoms with Crippen LogP contribution in [0.25, 0.3) is 10.9 Å². The Kier molecular flexibility index (Phi) is 3.44. The molecule has 1 heterocycles. The van der Waals surface area contributed by atoms with Gasteiger partial charge in [-0.3, -0.25) is 4.98 Å². The average Bonchev–Trinajstić information content (AvgIpc) is 2.34. The van der Waals surface area contributed by atoms with Crippen molar-refractivity contribution < 1.29 is 5.11 Å². The summed E-state index contributed by atoms with van der Waals surface area (Å²) in [6, 6.07) is 7.90. The summed E-state index contributed by atoms with van der Waals surface area (Å²) < 4.78 is 0. The highest BCUT2D eigenvalue weighted by Gasteiger charge is 2.07. The summed E-state index contributed by atoms with van der Waals surface area (Å²) in [5.74, 6) is 0. The number of aliphatic hydroxyl groups is 1. The van der Waals surface area contributed by atoms with Gasteiger partial charge in [0, 0.05) is 29.9 Å². The summed E-state index contributed by atoms with van der Waals surface area (Å²) in [5.41, 5.74) is 8.38. The summed E-state index contributed by atoms with van der Waals surface area (Å²) >= 11 is 0. The molecule has 0 fully saturated rings. The van der Waals surface area contributed by atoms with Crippen LogP contribution in [0.5, 0.6) is 0 Å². The van der Waals surface area contributed by atoms with Crippen molar-refractivity contribution in [2.75, 3.05) is 17.7 Å². The van der Waals surface area contributed by atoms with Gasteiger partial charge < -0.3 is 16.2 Å². The molecule has 0 aliphatic rings. The van der Waals surface area contributed by atoms with Crippen molar-refractivity contribution in [3.05, 3.63) is 30.5 Å². The van der Waals surface area contributed by atoms with Crippen LogP contribution in [0.1, 0.15) is 13.3 Å². The molecular weight excluding hydrogens is 214 g/mol. The number of nitrogens with two attached hydrogens (primary N) is 1. The predicted molar refractivity (Wildman–Crippen MR) is 70.9 cm³/mol. The fourth-order valence-electron chi connectivity index (χ4n) is 1.85. The molecule has 90 valence electrons. The van der Waals surface area contributed by atoms with Gasteiger partial charge in [0.2, 0.25) is 0 Å². The van der Waals surface area contributed by atoms with Crippen LogP contribution in [0.2, 0.25) is 0 Å². The zero-order valence-electron chi connectivity index (χ0n) is 9.85. The lowest BCUT2D eigenvalue weighted by molar-refractivity contribution is 0.282. The van der Waals surface area contributed by atoms with Gasteiger partial charge in [0.05, 0.1) is 11.2 Å². The lowest BCUT2D eigenvalue weighted by Crippen LogP contribution is -2.16. The fourth-order valence-corrected chi connectivity index (χ4v) is 1.85. The Morgan fingerprint density at radius 3 is 3.00 bits per heavy atom. The zero-order valence-corrected chi connectivity index (χ0v) is 9.85. The van der Waals surface area contributed by atoms with E-state index >= 15 is 0 Å². The second kappa shape index (κ2) is 5.01. The third-order valence-corrected chi connectivity index (χ3v) is 2.76. The van der Waals surface area contributed by atoms with E-state index in [-0.39, 0.29) is 12.6 Å². The fraction of sp³-hybridized carbons (Fsp3) is 0.308. The van der Waals surface area contributed by atoms with Crippen molar-refractivity contribution in [1.82, 2.24) is 4.98 Å². The maximum absolute atomic E-state index is 8.90. The maximum Gasteiger partial charge on any atom is 0.0951 e. The standard InChI is InChI=1S/C13H17N3O/c1-9(6-8-17)16-12-5-4-11(14)13-10(12)3-2-7-15-13/h2-5,7,9,16-17H,6,8,14H2,1H3. The van der Waals surface area contributed by atoms with E-state index in [1.54, 1.807) is 6.20 Å². The quantitative estimate of drug-likeness (QED) is 0.704. The van der Waals surface area contributed by atoms with Gasteiger partial charge in [-0.1, -0.05) is 0 Å². The number of nitrogens with zero attached hydrogens (tertiary/aromatic N) is 1. The third-order valence-electron chi connectivity index (χ3n) is 2.76. The van der Waals surface area contributed by atoms with E-state index in [0.717, 1.165) is 16.6 Å². The number of anilines is 2. The first-order valence-corrected chi connectivity index (χ1v) is 5.73. The highest BCUT2D eigenvalue weighted by molar-refractivity contribution is 5.98. The van der Waals surface area contributed by atoms with E-state index in [2.05, 4.69) is 10.3 Å². The lowest BCUT2D eigenvalue weighted by atomic mass is 10.1. The van der Waals surface area contributed by atoms with Crippen molar-refractivity contribution in [2.45, 2.75) is 19.4 Å². The summed E-state index contributed by atoms with van der Waals surface area (Å²) in [6.07, 6.45) is 2.45. The Morgan fingerprint density at radius 2 is 2.24 bits per heavy atom. The molecule has 1 unspecified atom stereocenters. The van der Waals surface area contributed by atoms with Crippen molar-refractivity contribution in [2.24, 2.45) is 0 Å². The van der Waals surface area contributed by atoms with Gasteiger partial charge in [0.25, 0.3) is 0 Å². The topological polar surface area (TPSA) is 71.2 Å². The normalized spacial score (nSPS) is 12.6. The number of aromatic nitrogens is 1. The molecule has 0 radical (unpaired) electrons. The highest BCUT2D eigenvalue weighted by atomic mass is 16.3. The van der Waals surface area contributed by atoms with E-state index in [9.17, 15) is 0 Å². The van der Waals surface area contributed by atoms with Crippen LogP contribution >= 0.6 is 0 Å². The van der Waals surface area contributed by atoms with Crippen LogP contribution in [0, 0.1) is 0 Å². The second-order valence-corrected chi connectivity index (χ2v) is 4.16. The minimum atomic E-state index is 0.180. The van der Waals surface area contributed by atoms with Gasteiger partial charge in [-0.05, 0) is 37.6 Å². The maximum atomic E-state index is 8.90. The Labute approximate surface area is 100 Å². The van der Waals surface area contributed by atoms with Gasteiger partial charge >= 0.3 is 0 Å². The molecule has 2 rings (SSSR count). The molecule has 1 atom stereocenters. The molecule has 0 amide bonds. The zero-order chi connectivity index (χ0) is 12.3. The molecule has 4 heteroatoms. The number of benzene rings is 1. The molecule has 0 spiro atoms. The molecule has 4 N–H and O–H groups in total. The summed E-state index contributed by atoms with van der Waals surface area (Å²) in [7, 11) is 0. The predicted octanol–water partition coefficient (Wildman–Crippen LogP) is 2.00. The first-order valence-electron chi connectivity index (χ1n) is 5.73. The first-order chi connectivity index (χ1) is 8.22. The van der Waals surface area contributed by atoms with E-state index in [4.69, 9.17) is 10.8 Å². The van der Waals surface area contributed by atoms with E-state index in [0.29, 0.717) is 12.1 Å². The summed E-state index contributed by atoms with van der Waals surface area (Å²) in [4.78, 5) is 4.28. The Hall–Kier alpha value is -1.81. The summed E-state index contributed by atoms with van der Waals surface area (Å²) in [5, 5.41) is 13.3. The minimum absolute atomic E-state index is 0.180. The monoisotopic (exact) mass is 231 g/mol. The SMILES string of the molecule is CC(CCO)Nc1ccc(N)c2ncccc12. The van der Waals surface area contributed by atoms with Gasteiger partial charge in [0.15, 0.2) is 0 Å². The molecule has 0 aliphatic carbocycles. The van der Waals surface area contributed by atoms with Crippen LogP contribution in [0.4, 0.5) is 11.4 Å². The van der Waals surface area contributed by atoms with Gasteiger partial charge in [0.1, 0.15) is 0 Å². The molecule has 17 heavy (non-hydrogen) atoms. The molecule has 4 nitrogen and oxygen atoms in total. The van der Waals surface area contributed by atoms with Crippen LogP contribution in [-0.2, 0) is 0 Å². The molecular formula is C13H17N3O. The van der Waals surface area contributed by atoms with Crippen LogP contribution in [0.15, 0.2) is 30.5 Å². The van der Waals surface area contributed by atoms with Crippen molar-refractivity contribution >= 4 is 22.3 Å². The Balaban J connectivity index is 2.38. The molecule has 1 aromatic heterocycles. The van der Waals surface area contributed by atoms with E-state index < -0.39 is 0 Å². The van der Waals surface area contributed by atoms with Gasteiger partial charge in [-0.2, -0.15) is 0 Å². The van der Waals surface area contributed by atoms with Crippen LogP contribution < -0.4 is 11.1 Å². The average molecular weight is 231 g/mol. The van der Waals surface area contributed by atoms with Crippen molar-refractivity contribution in [3.63, 3.8) is 0 Å². The first kappa shape index (κ1) is 11.7. The van der Waals surface area contributed by atoms with Gasteiger partial charge in [-0.25, -0.2) is 0 Å². The number of rotatable bonds is 4. The van der Waals surface area contributed by atoms with Crippen LogP contribution in [-0.4, -0.2) is 22.7 Å². The minimum Gasteiger partial charge on any atom is -0.397 e. The lowest BCUT2D eigenvalue weighted by Gasteiger charge is -2.16. The number of hydrogen-bond acceptors (Lipinski definition) is 4. The number of hydrogen-bond donors (Lipinski definition) is 3. The summed E-state index contributed by atoms with van der Waals surface area (Å²) in [6.45, 7) is 2.22.